The Kier molecular flexibility index (Phi) is 3.30. The van der Waals surface area contributed by atoms with Gasteiger partial charge in [0.2, 0.25) is 5.91 Å². The molecule has 2 aliphatic rings. The lowest BCUT2D eigenvalue weighted by atomic mass is 9.83. The normalized spacial score (nSPS) is 29.4. The summed E-state index contributed by atoms with van der Waals surface area (Å²) in [5.41, 5.74) is 5.20. The van der Waals surface area contributed by atoms with Crippen LogP contribution in [-0.2, 0) is 14.3 Å². The van der Waals surface area contributed by atoms with Crippen molar-refractivity contribution in [2.24, 2.45) is 5.73 Å². The number of hydrogen-bond acceptors (Lipinski definition) is 3. The predicted octanol–water partition coefficient (Wildman–Crippen LogP) is 1.31. The van der Waals surface area contributed by atoms with E-state index in [-0.39, 0.29) is 0 Å². The van der Waals surface area contributed by atoms with Gasteiger partial charge in [-0.25, -0.2) is 0 Å². The van der Waals surface area contributed by atoms with Gasteiger partial charge in [0.15, 0.2) is 11.9 Å². The second-order valence-electron chi connectivity index (χ2n) is 4.47. The molecule has 1 saturated heterocycles. The number of ether oxygens (including phenoxy) is 2. The highest BCUT2D eigenvalue weighted by Gasteiger charge is 2.45. The predicted molar refractivity (Wildman–Crippen MR) is 59.3 cm³/mol. The van der Waals surface area contributed by atoms with Gasteiger partial charge in [-0.2, -0.15) is 0 Å². The standard InChI is InChI=1S/C12H18NO3/c1-2-3-9-4-6-12(7-5-9)15-8-10(16-12)11(13)14/h2,10H,1,3-8H2,(H2,13,14). The maximum absolute atomic E-state index is 11.0. The van der Waals surface area contributed by atoms with Crippen LogP contribution < -0.4 is 5.73 Å². The van der Waals surface area contributed by atoms with E-state index in [1.54, 1.807) is 0 Å². The number of carbonyl (C=O) groups is 1. The minimum atomic E-state index is -0.569. The first-order valence-electron chi connectivity index (χ1n) is 5.71. The van der Waals surface area contributed by atoms with E-state index in [1.165, 1.54) is 5.92 Å². The second kappa shape index (κ2) is 4.55. The van der Waals surface area contributed by atoms with Crippen LogP contribution in [0.15, 0.2) is 12.7 Å². The molecule has 2 fully saturated rings. The van der Waals surface area contributed by atoms with Gasteiger partial charge in [0.25, 0.3) is 0 Å². The lowest BCUT2D eigenvalue weighted by molar-refractivity contribution is -0.186. The molecular formula is C12H18NO3. The first-order chi connectivity index (χ1) is 7.65. The lowest BCUT2D eigenvalue weighted by Crippen LogP contribution is -2.37. The number of nitrogens with two attached hydrogens (primary N) is 1. The molecule has 0 aromatic carbocycles. The van der Waals surface area contributed by atoms with Crippen molar-refractivity contribution in [2.45, 2.75) is 44.0 Å². The molecule has 0 aromatic rings. The van der Waals surface area contributed by atoms with Gasteiger partial charge in [0.1, 0.15) is 0 Å². The lowest BCUT2D eigenvalue weighted by Gasteiger charge is -2.35. The van der Waals surface area contributed by atoms with Crippen molar-refractivity contribution < 1.29 is 14.3 Å². The number of rotatable bonds is 3. The number of amides is 1. The number of primary amides is 1. The Morgan fingerprint density at radius 1 is 1.56 bits per heavy atom. The number of allylic oxidation sites excluding steroid dienone is 1. The van der Waals surface area contributed by atoms with Gasteiger partial charge in [0.05, 0.1) is 6.61 Å². The molecule has 4 heteroatoms. The third-order valence-corrected chi connectivity index (χ3v) is 3.32. The SMILES string of the molecule is C=CC[C]1CCC2(CC1)OCC(C(N)=O)O2. The van der Waals surface area contributed by atoms with E-state index in [1.807, 2.05) is 6.08 Å². The molecule has 89 valence electrons. The van der Waals surface area contributed by atoms with Crippen molar-refractivity contribution in [3.63, 3.8) is 0 Å². The Balaban J connectivity index is 1.88. The summed E-state index contributed by atoms with van der Waals surface area (Å²) in [6.07, 6.45) is 5.93. The highest BCUT2D eigenvalue weighted by Crippen LogP contribution is 2.41. The molecule has 0 aromatic heterocycles. The molecule has 1 radical (unpaired) electrons. The van der Waals surface area contributed by atoms with Gasteiger partial charge in [-0.3, -0.25) is 4.79 Å². The Morgan fingerprint density at radius 2 is 2.25 bits per heavy atom. The monoisotopic (exact) mass is 224 g/mol. The van der Waals surface area contributed by atoms with E-state index in [0.717, 1.165) is 32.1 Å². The van der Waals surface area contributed by atoms with Gasteiger partial charge >= 0.3 is 0 Å². The molecule has 1 amide bonds. The molecule has 0 bridgehead atoms. The van der Waals surface area contributed by atoms with E-state index in [4.69, 9.17) is 15.2 Å². The van der Waals surface area contributed by atoms with Crippen LogP contribution in [0.1, 0.15) is 32.1 Å². The molecule has 1 spiro atoms. The fourth-order valence-corrected chi connectivity index (χ4v) is 2.35. The van der Waals surface area contributed by atoms with Gasteiger partial charge in [-0.05, 0) is 25.2 Å². The Hall–Kier alpha value is -0.870. The van der Waals surface area contributed by atoms with Crippen LogP contribution in [0.25, 0.3) is 0 Å². The summed E-state index contributed by atoms with van der Waals surface area (Å²) >= 11 is 0. The maximum Gasteiger partial charge on any atom is 0.249 e. The van der Waals surface area contributed by atoms with Crippen LogP contribution in [0.3, 0.4) is 0 Å². The fourth-order valence-electron chi connectivity index (χ4n) is 2.35. The van der Waals surface area contributed by atoms with Crippen molar-refractivity contribution in [3.8, 4) is 0 Å². The summed E-state index contributed by atoms with van der Waals surface area (Å²) in [5, 5.41) is 0. The van der Waals surface area contributed by atoms with E-state index in [2.05, 4.69) is 6.58 Å². The third-order valence-electron chi connectivity index (χ3n) is 3.32. The molecular weight excluding hydrogens is 206 g/mol. The largest absolute Gasteiger partial charge is 0.367 e. The summed E-state index contributed by atoms with van der Waals surface area (Å²) in [5.74, 6) is 0.498. The van der Waals surface area contributed by atoms with E-state index in [9.17, 15) is 4.79 Å². The van der Waals surface area contributed by atoms with Crippen LogP contribution in [0, 0.1) is 5.92 Å². The van der Waals surface area contributed by atoms with E-state index >= 15 is 0 Å². The summed E-state index contributed by atoms with van der Waals surface area (Å²) in [7, 11) is 0. The first-order valence-corrected chi connectivity index (χ1v) is 5.71. The van der Waals surface area contributed by atoms with Crippen molar-refractivity contribution in [1.82, 2.24) is 0 Å². The Labute approximate surface area is 95.8 Å². The molecule has 1 aliphatic carbocycles. The molecule has 1 aliphatic heterocycles. The van der Waals surface area contributed by atoms with Crippen molar-refractivity contribution in [3.05, 3.63) is 18.6 Å². The zero-order chi connectivity index (χ0) is 11.6. The maximum atomic E-state index is 11.0. The van der Waals surface area contributed by atoms with Crippen LogP contribution >= 0.6 is 0 Å². The smallest absolute Gasteiger partial charge is 0.249 e. The number of carbonyl (C=O) groups excluding carboxylic acids is 1. The summed E-state index contributed by atoms with van der Waals surface area (Å²) in [4.78, 5) is 11.0. The molecule has 16 heavy (non-hydrogen) atoms. The summed E-state index contributed by atoms with van der Waals surface area (Å²) in [6, 6.07) is 0. The van der Waals surface area contributed by atoms with E-state index < -0.39 is 17.8 Å². The van der Waals surface area contributed by atoms with Crippen LogP contribution in [0.4, 0.5) is 0 Å². The Bertz CT molecular complexity index is 282. The molecule has 1 saturated carbocycles. The zero-order valence-electron chi connectivity index (χ0n) is 9.41. The van der Waals surface area contributed by atoms with Crippen molar-refractivity contribution >= 4 is 5.91 Å². The highest BCUT2D eigenvalue weighted by molar-refractivity contribution is 5.79. The molecule has 1 heterocycles. The quantitative estimate of drug-likeness (QED) is 0.735. The van der Waals surface area contributed by atoms with Crippen molar-refractivity contribution in [2.75, 3.05) is 6.61 Å². The molecule has 2 rings (SSSR count). The highest BCUT2D eigenvalue weighted by atomic mass is 16.7. The topological polar surface area (TPSA) is 61.5 Å². The van der Waals surface area contributed by atoms with Gasteiger partial charge in [-0.15, -0.1) is 6.58 Å². The molecule has 1 unspecified atom stereocenters. The Morgan fingerprint density at radius 3 is 2.75 bits per heavy atom. The zero-order valence-corrected chi connectivity index (χ0v) is 9.41. The molecule has 2 N–H and O–H groups in total. The summed E-state index contributed by atoms with van der Waals surface area (Å²) < 4.78 is 11.3. The average molecular weight is 224 g/mol. The second-order valence-corrected chi connectivity index (χ2v) is 4.47. The third kappa shape index (κ3) is 2.28. The fraction of sp³-hybridized carbons (Fsp3) is 0.667. The van der Waals surface area contributed by atoms with Gasteiger partial charge < -0.3 is 15.2 Å². The minimum Gasteiger partial charge on any atom is -0.367 e. The minimum absolute atomic E-state index is 0.298. The van der Waals surface area contributed by atoms with Crippen LogP contribution in [0.2, 0.25) is 0 Å². The van der Waals surface area contributed by atoms with E-state index in [0.29, 0.717) is 6.61 Å². The van der Waals surface area contributed by atoms with Crippen LogP contribution in [0.5, 0.6) is 0 Å². The van der Waals surface area contributed by atoms with Crippen molar-refractivity contribution in [1.29, 1.82) is 0 Å². The average Bonchev–Trinajstić information content (AvgIpc) is 2.67. The van der Waals surface area contributed by atoms with Gasteiger partial charge in [0, 0.05) is 12.8 Å². The van der Waals surface area contributed by atoms with Gasteiger partial charge in [-0.1, -0.05) is 6.08 Å². The molecule has 4 nitrogen and oxygen atoms in total. The first kappa shape index (κ1) is 11.6. The molecule has 1 atom stereocenters. The number of hydrogen-bond donors (Lipinski definition) is 1. The van der Waals surface area contributed by atoms with Crippen LogP contribution in [-0.4, -0.2) is 24.4 Å². The summed E-state index contributed by atoms with van der Waals surface area (Å²) in [6.45, 7) is 4.03.